The average Bonchev–Trinajstić information content (AvgIpc) is 2.88. The summed E-state index contributed by atoms with van der Waals surface area (Å²) in [5, 5.41) is 11.2. The first-order valence-electron chi connectivity index (χ1n) is 6.71. The van der Waals surface area contributed by atoms with E-state index in [4.69, 9.17) is 11.6 Å². The molecule has 0 radical (unpaired) electrons. The molecule has 1 aromatic heterocycles. The van der Waals surface area contributed by atoms with Crippen molar-refractivity contribution < 1.29 is 0 Å². The first kappa shape index (κ1) is 18.7. The number of rotatable bonds is 5. The van der Waals surface area contributed by atoms with Gasteiger partial charge in [0, 0.05) is 25.7 Å². The molecule has 8 heteroatoms. The van der Waals surface area contributed by atoms with Crippen LogP contribution in [0.4, 0.5) is 0 Å². The SMILES string of the molecule is CN=C(NCCc1cccc(Cl)c1)NCc1ncnn1C.I. The highest BCUT2D eigenvalue weighted by Crippen LogP contribution is 2.10. The van der Waals surface area contributed by atoms with Crippen molar-refractivity contribution in [3.05, 3.63) is 47.0 Å². The van der Waals surface area contributed by atoms with E-state index in [-0.39, 0.29) is 24.0 Å². The molecule has 0 saturated heterocycles. The van der Waals surface area contributed by atoms with Crippen LogP contribution in [-0.2, 0) is 20.0 Å². The Morgan fingerprint density at radius 1 is 1.36 bits per heavy atom. The number of aliphatic imine (C=N–C) groups is 1. The molecule has 2 aromatic rings. The van der Waals surface area contributed by atoms with Crippen molar-refractivity contribution in [1.82, 2.24) is 25.4 Å². The molecule has 0 spiro atoms. The highest BCUT2D eigenvalue weighted by Gasteiger charge is 2.02. The van der Waals surface area contributed by atoms with Gasteiger partial charge >= 0.3 is 0 Å². The zero-order chi connectivity index (χ0) is 15.1. The molecule has 2 N–H and O–H groups in total. The summed E-state index contributed by atoms with van der Waals surface area (Å²) in [5.74, 6) is 1.59. The van der Waals surface area contributed by atoms with Gasteiger partial charge < -0.3 is 10.6 Å². The Bertz CT molecular complexity index is 613. The molecule has 0 aliphatic carbocycles. The monoisotopic (exact) mass is 434 g/mol. The number of halogens is 2. The molecule has 0 aliphatic heterocycles. The van der Waals surface area contributed by atoms with Gasteiger partial charge in [0.2, 0.25) is 0 Å². The number of hydrogen-bond acceptors (Lipinski definition) is 3. The van der Waals surface area contributed by atoms with Crippen LogP contribution in [0.3, 0.4) is 0 Å². The van der Waals surface area contributed by atoms with Gasteiger partial charge in [0.05, 0.1) is 6.54 Å². The minimum absolute atomic E-state index is 0. The summed E-state index contributed by atoms with van der Waals surface area (Å²) in [6.07, 6.45) is 2.41. The lowest BCUT2D eigenvalue weighted by Crippen LogP contribution is -2.38. The predicted octanol–water partition coefficient (Wildman–Crippen LogP) is 1.99. The molecular formula is C14H20ClIN6. The third-order valence-electron chi connectivity index (χ3n) is 3.04. The molecule has 120 valence electrons. The van der Waals surface area contributed by atoms with E-state index in [0.717, 1.165) is 29.8 Å². The normalized spacial score (nSPS) is 11.0. The summed E-state index contributed by atoms with van der Waals surface area (Å²) in [6, 6.07) is 7.86. The molecule has 1 aromatic carbocycles. The highest BCUT2D eigenvalue weighted by molar-refractivity contribution is 14.0. The number of benzene rings is 1. The summed E-state index contributed by atoms with van der Waals surface area (Å²) >= 11 is 5.96. The Labute approximate surface area is 152 Å². The number of guanidine groups is 1. The Kier molecular flexibility index (Phi) is 8.18. The van der Waals surface area contributed by atoms with Crippen LogP contribution in [0.5, 0.6) is 0 Å². The topological polar surface area (TPSA) is 67.1 Å². The molecular weight excluding hydrogens is 415 g/mol. The second-order valence-corrected chi connectivity index (χ2v) is 4.97. The fraction of sp³-hybridized carbons (Fsp3) is 0.357. The lowest BCUT2D eigenvalue weighted by molar-refractivity contribution is 0.672. The molecule has 0 atom stereocenters. The van der Waals surface area contributed by atoms with Crippen molar-refractivity contribution in [2.75, 3.05) is 13.6 Å². The van der Waals surface area contributed by atoms with E-state index in [9.17, 15) is 0 Å². The quantitative estimate of drug-likeness (QED) is 0.429. The lowest BCUT2D eigenvalue weighted by atomic mass is 10.1. The van der Waals surface area contributed by atoms with Crippen LogP contribution < -0.4 is 10.6 Å². The van der Waals surface area contributed by atoms with Gasteiger partial charge in [0.1, 0.15) is 12.2 Å². The van der Waals surface area contributed by atoms with Crippen molar-refractivity contribution >= 4 is 41.5 Å². The minimum Gasteiger partial charge on any atom is -0.356 e. The molecule has 1 heterocycles. The predicted molar refractivity (Wildman–Crippen MR) is 99.8 cm³/mol. The van der Waals surface area contributed by atoms with Crippen LogP contribution in [0, 0.1) is 0 Å². The van der Waals surface area contributed by atoms with E-state index in [2.05, 4.69) is 31.8 Å². The maximum Gasteiger partial charge on any atom is 0.191 e. The highest BCUT2D eigenvalue weighted by atomic mass is 127. The van der Waals surface area contributed by atoms with Gasteiger partial charge in [-0.25, -0.2) is 4.98 Å². The largest absolute Gasteiger partial charge is 0.356 e. The van der Waals surface area contributed by atoms with E-state index in [0.29, 0.717) is 6.54 Å². The number of aromatic nitrogens is 3. The third-order valence-corrected chi connectivity index (χ3v) is 3.27. The number of hydrogen-bond donors (Lipinski definition) is 2. The molecule has 0 fully saturated rings. The lowest BCUT2D eigenvalue weighted by Gasteiger charge is -2.11. The maximum absolute atomic E-state index is 5.96. The van der Waals surface area contributed by atoms with Crippen LogP contribution in [-0.4, -0.2) is 34.3 Å². The number of aryl methyl sites for hydroxylation is 1. The fourth-order valence-electron chi connectivity index (χ4n) is 1.88. The van der Waals surface area contributed by atoms with E-state index in [1.807, 2.05) is 25.2 Å². The average molecular weight is 435 g/mol. The number of nitrogens with one attached hydrogen (secondary N) is 2. The van der Waals surface area contributed by atoms with Gasteiger partial charge in [-0.05, 0) is 24.1 Å². The minimum atomic E-state index is 0. The van der Waals surface area contributed by atoms with Gasteiger partial charge in [-0.2, -0.15) is 5.10 Å². The smallest absolute Gasteiger partial charge is 0.191 e. The van der Waals surface area contributed by atoms with Crippen molar-refractivity contribution in [1.29, 1.82) is 0 Å². The van der Waals surface area contributed by atoms with Crippen molar-refractivity contribution in [3.63, 3.8) is 0 Å². The van der Waals surface area contributed by atoms with E-state index in [1.165, 1.54) is 11.9 Å². The van der Waals surface area contributed by atoms with Gasteiger partial charge in [-0.3, -0.25) is 9.67 Å². The molecule has 22 heavy (non-hydrogen) atoms. The summed E-state index contributed by atoms with van der Waals surface area (Å²) in [6.45, 7) is 1.35. The zero-order valence-corrected chi connectivity index (χ0v) is 15.7. The summed E-state index contributed by atoms with van der Waals surface area (Å²) in [5.41, 5.74) is 1.19. The van der Waals surface area contributed by atoms with Crippen molar-refractivity contribution in [2.24, 2.45) is 12.0 Å². The zero-order valence-electron chi connectivity index (χ0n) is 12.6. The first-order valence-corrected chi connectivity index (χ1v) is 7.08. The van der Waals surface area contributed by atoms with Gasteiger partial charge in [-0.1, -0.05) is 23.7 Å². The molecule has 2 rings (SSSR count). The van der Waals surface area contributed by atoms with Gasteiger partial charge in [0.25, 0.3) is 0 Å². The Morgan fingerprint density at radius 3 is 2.82 bits per heavy atom. The molecule has 0 aliphatic rings. The fourth-order valence-corrected chi connectivity index (χ4v) is 2.09. The first-order chi connectivity index (χ1) is 10.2. The standard InChI is InChI=1S/C14H19ClN6.HI/c1-16-14(18-9-13-19-10-20-21(13)2)17-7-6-11-4-3-5-12(15)8-11;/h3-5,8,10H,6-7,9H2,1-2H3,(H2,16,17,18);1H. The van der Waals surface area contributed by atoms with Gasteiger partial charge in [0.15, 0.2) is 5.96 Å². The van der Waals surface area contributed by atoms with Gasteiger partial charge in [-0.15, -0.1) is 24.0 Å². The second-order valence-electron chi connectivity index (χ2n) is 4.53. The molecule has 0 unspecified atom stereocenters. The van der Waals surface area contributed by atoms with E-state index in [1.54, 1.807) is 11.7 Å². The molecule has 0 bridgehead atoms. The van der Waals surface area contributed by atoms with Crippen LogP contribution in [0.1, 0.15) is 11.4 Å². The Morgan fingerprint density at radius 2 is 2.18 bits per heavy atom. The van der Waals surface area contributed by atoms with Crippen LogP contribution in [0.15, 0.2) is 35.6 Å². The molecule has 6 nitrogen and oxygen atoms in total. The van der Waals surface area contributed by atoms with E-state index >= 15 is 0 Å². The molecule has 0 amide bonds. The second kappa shape index (κ2) is 9.62. The Balaban J connectivity index is 0.00000242. The summed E-state index contributed by atoms with van der Waals surface area (Å²) < 4.78 is 1.73. The summed E-state index contributed by atoms with van der Waals surface area (Å²) in [4.78, 5) is 8.33. The van der Waals surface area contributed by atoms with E-state index < -0.39 is 0 Å². The maximum atomic E-state index is 5.96. The summed E-state index contributed by atoms with van der Waals surface area (Å²) in [7, 11) is 3.60. The van der Waals surface area contributed by atoms with Crippen molar-refractivity contribution in [3.8, 4) is 0 Å². The van der Waals surface area contributed by atoms with Crippen LogP contribution in [0.25, 0.3) is 0 Å². The third kappa shape index (κ3) is 5.80. The van der Waals surface area contributed by atoms with Crippen LogP contribution in [0.2, 0.25) is 5.02 Å². The van der Waals surface area contributed by atoms with Crippen molar-refractivity contribution in [2.45, 2.75) is 13.0 Å². The Hall–Kier alpha value is -1.35. The van der Waals surface area contributed by atoms with Crippen LogP contribution >= 0.6 is 35.6 Å². The molecule has 0 saturated carbocycles. The number of nitrogens with zero attached hydrogens (tertiary/aromatic N) is 4.